The molecule has 0 aromatic heterocycles. The molecule has 0 heterocycles. The van der Waals surface area contributed by atoms with Gasteiger partial charge in [-0.05, 0) is 53.7 Å². The van der Waals surface area contributed by atoms with E-state index in [4.69, 9.17) is 10.9 Å². The Kier molecular flexibility index (Phi) is 4.69. The van der Waals surface area contributed by atoms with Crippen LogP contribution in [0.25, 0.3) is 0 Å². The van der Waals surface area contributed by atoms with Crippen molar-refractivity contribution in [1.82, 2.24) is 0 Å². The van der Waals surface area contributed by atoms with Crippen LogP contribution in [0.3, 0.4) is 0 Å². The Morgan fingerprint density at radius 2 is 2.26 bits per heavy atom. The zero-order valence-corrected chi connectivity index (χ0v) is 12.7. The van der Waals surface area contributed by atoms with Crippen molar-refractivity contribution < 1.29 is 5.21 Å². The average molecular weight is 326 g/mol. The lowest BCUT2D eigenvalue weighted by molar-refractivity contribution is 0.317. The first kappa shape index (κ1) is 14.2. The zero-order valence-electron chi connectivity index (χ0n) is 11.1. The van der Waals surface area contributed by atoms with Crippen LogP contribution in [0.5, 0.6) is 0 Å². The third kappa shape index (κ3) is 3.03. The van der Waals surface area contributed by atoms with Gasteiger partial charge in [0.05, 0.1) is 5.56 Å². The van der Waals surface area contributed by atoms with E-state index in [0.29, 0.717) is 0 Å². The molecule has 1 fully saturated rings. The number of rotatable bonds is 5. The minimum atomic E-state index is 0.148. The predicted octanol–water partition coefficient (Wildman–Crippen LogP) is 3.17. The number of oxime groups is 1. The Bertz CT molecular complexity index is 472. The number of nitrogens with zero attached hydrogens (tertiary/aromatic N) is 2. The summed E-state index contributed by atoms with van der Waals surface area (Å²) in [6.07, 6.45) is 3.96. The molecule has 0 bridgehead atoms. The van der Waals surface area contributed by atoms with Crippen molar-refractivity contribution in [2.45, 2.75) is 26.2 Å². The average Bonchev–Trinajstić information content (AvgIpc) is 2.37. The van der Waals surface area contributed by atoms with Crippen LogP contribution in [0.15, 0.2) is 27.8 Å². The molecular formula is C14H20BrN3O. The van der Waals surface area contributed by atoms with Gasteiger partial charge in [-0.1, -0.05) is 17.6 Å². The lowest BCUT2D eigenvalue weighted by Gasteiger charge is -2.34. The molecule has 2 rings (SSSR count). The van der Waals surface area contributed by atoms with Gasteiger partial charge in [0.15, 0.2) is 5.84 Å². The summed E-state index contributed by atoms with van der Waals surface area (Å²) in [4.78, 5) is 2.31. The van der Waals surface area contributed by atoms with Crippen LogP contribution in [0, 0.1) is 5.92 Å². The van der Waals surface area contributed by atoms with E-state index in [1.54, 1.807) is 0 Å². The maximum atomic E-state index is 8.95. The highest BCUT2D eigenvalue weighted by molar-refractivity contribution is 9.10. The van der Waals surface area contributed by atoms with E-state index in [2.05, 4.69) is 32.9 Å². The molecule has 19 heavy (non-hydrogen) atoms. The van der Waals surface area contributed by atoms with Gasteiger partial charge in [-0.25, -0.2) is 0 Å². The number of anilines is 1. The number of nitrogens with two attached hydrogens (primary N) is 1. The van der Waals surface area contributed by atoms with Gasteiger partial charge in [0, 0.05) is 23.2 Å². The fraction of sp³-hybridized carbons (Fsp3) is 0.500. The van der Waals surface area contributed by atoms with Gasteiger partial charge in [0.1, 0.15) is 0 Å². The molecule has 0 saturated heterocycles. The number of hydrogen-bond acceptors (Lipinski definition) is 3. The minimum absolute atomic E-state index is 0.148. The van der Waals surface area contributed by atoms with E-state index >= 15 is 0 Å². The highest BCUT2D eigenvalue weighted by atomic mass is 79.9. The van der Waals surface area contributed by atoms with Crippen molar-refractivity contribution in [3.05, 3.63) is 28.2 Å². The van der Waals surface area contributed by atoms with Crippen LogP contribution < -0.4 is 10.6 Å². The van der Waals surface area contributed by atoms with Crippen molar-refractivity contribution >= 4 is 27.5 Å². The molecule has 0 unspecified atom stereocenters. The van der Waals surface area contributed by atoms with E-state index in [-0.39, 0.29) is 5.84 Å². The number of benzene rings is 1. The summed E-state index contributed by atoms with van der Waals surface area (Å²) in [5.74, 6) is 0.925. The second-order valence-corrected chi connectivity index (χ2v) is 5.81. The van der Waals surface area contributed by atoms with Crippen LogP contribution in [0.2, 0.25) is 0 Å². The summed E-state index contributed by atoms with van der Waals surface area (Å²) in [5.41, 5.74) is 7.61. The first-order valence-electron chi connectivity index (χ1n) is 6.68. The van der Waals surface area contributed by atoms with Crippen LogP contribution in [0.4, 0.5) is 5.69 Å². The molecule has 0 amide bonds. The van der Waals surface area contributed by atoms with Crippen LogP contribution in [-0.4, -0.2) is 24.1 Å². The summed E-state index contributed by atoms with van der Waals surface area (Å²) in [6.45, 7) is 4.09. The minimum Gasteiger partial charge on any atom is -0.409 e. The first-order valence-corrected chi connectivity index (χ1v) is 7.48. The van der Waals surface area contributed by atoms with Crippen LogP contribution >= 0.6 is 15.9 Å². The summed E-state index contributed by atoms with van der Waals surface area (Å²) >= 11 is 3.48. The molecule has 1 aliphatic carbocycles. The van der Waals surface area contributed by atoms with Gasteiger partial charge >= 0.3 is 0 Å². The molecule has 0 aliphatic heterocycles. The smallest absolute Gasteiger partial charge is 0.173 e. The third-order valence-electron chi connectivity index (χ3n) is 3.78. The largest absolute Gasteiger partial charge is 0.409 e. The highest BCUT2D eigenvalue weighted by Gasteiger charge is 2.22. The monoisotopic (exact) mass is 325 g/mol. The SMILES string of the molecule is CCN(CC1CCC1)c1cccc(Br)c1/C(N)=N/O. The second kappa shape index (κ2) is 6.28. The molecule has 4 nitrogen and oxygen atoms in total. The quantitative estimate of drug-likeness (QED) is 0.378. The second-order valence-electron chi connectivity index (χ2n) is 4.95. The van der Waals surface area contributed by atoms with Crippen molar-refractivity contribution in [2.24, 2.45) is 16.8 Å². The number of amidine groups is 1. The topological polar surface area (TPSA) is 61.8 Å². The molecule has 5 heteroatoms. The van der Waals surface area contributed by atoms with Gasteiger partial charge < -0.3 is 15.8 Å². The van der Waals surface area contributed by atoms with Gasteiger partial charge in [-0.15, -0.1) is 0 Å². The van der Waals surface area contributed by atoms with Crippen molar-refractivity contribution in [3.8, 4) is 0 Å². The lowest BCUT2D eigenvalue weighted by Crippen LogP contribution is -2.34. The Labute approximate surface area is 122 Å². The van der Waals surface area contributed by atoms with Crippen LogP contribution in [0.1, 0.15) is 31.7 Å². The van der Waals surface area contributed by atoms with E-state index < -0.39 is 0 Å². The molecule has 1 aliphatic rings. The maximum absolute atomic E-state index is 8.95. The maximum Gasteiger partial charge on any atom is 0.173 e. The molecule has 3 N–H and O–H groups in total. The molecule has 104 valence electrons. The highest BCUT2D eigenvalue weighted by Crippen LogP contribution is 2.32. The molecule has 0 spiro atoms. The fourth-order valence-electron chi connectivity index (χ4n) is 2.46. The van der Waals surface area contributed by atoms with E-state index in [1.165, 1.54) is 19.3 Å². The Morgan fingerprint density at radius 1 is 1.53 bits per heavy atom. The summed E-state index contributed by atoms with van der Waals surface area (Å²) in [5, 5.41) is 12.1. The normalized spacial score (nSPS) is 16.2. The Hall–Kier alpha value is -1.23. The molecule has 1 aromatic carbocycles. The summed E-state index contributed by atoms with van der Waals surface area (Å²) < 4.78 is 0.854. The zero-order chi connectivity index (χ0) is 13.8. The summed E-state index contributed by atoms with van der Waals surface area (Å²) in [7, 11) is 0. The summed E-state index contributed by atoms with van der Waals surface area (Å²) in [6, 6.07) is 5.92. The van der Waals surface area contributed by atoms with Crippen molar-refractivity contribution in [2.75, 3.05) is 18.0 Å². The predicted molar refractivity (Wildman–Crippen MR) is 81.9 cm³/mol. The number of hydrogen-bond donors (Lipinski definition) is 2. The van der Waals surface area contributed by atoms with Gasteiger partial charge in [-0.3, -0.25) is 0 Å². The first-order chi connectivity index (χ1) is 9.17. The molecule has 0 atom stereocenters. The van der Waals surface area contributed by atoms with Crippen molar-refractivity contribution in [1.29, 1.82) is 0 Å². The standard InChI is InChI=1S/C14H20BrN3O/c1-2-18(9-10-5-3-6-10)12-8-4-7-11(15)13(12)14(16)17-19/h4,7-8,10,19H,2-3,5-6,9H2,1H3,(H2,16,17). The van der Waals surface area contributed by atoms with Gasteiger partial charge in [-0.2, -0.15) is 0 Å². The van der Waals surface area contributed by atoms with E-state index in [0.717, 1.165) is 34.7 Å². The van der Waals surface area contributed by atoms with Gasteiger partial charge in [0.25, 0.3) is 0 Å². The fourth-order valence-corrected chi connectivity index (χ4v) is 3.02. The number of halogens is 1. The van der Waals surface area contributed by atoms with Gasteiger partial charge in [0.2, 0.25) is 0 Å². The molecule has 1 saturated carbocycles. The molecule has 0 radical (unpaired) electrons. The van der Waals surface area contributed by atoms with E-state index in [1.807, 2.05) is 18.2 Å². The van der Waals surface area contributed by atoms with Crippen LogP contribution in [-0.2, 0) is 0 Å². The lowest BCUT2D eigenvalue weighted by atomic mass is 9.85. The van der Waals surface area contributed by atoms with Crippen molar-refractivity contribution in [3.63, 3.8) is 0 Å². The molecular weight excluding hydrogens is 306 g/mol. The Morgan fingerprint density at radius 3 is 2.79 bits per heavy atom. The van der Waals surface area contributed by atoms with E-state index in [9.17, 15) is 0 Å². The Balaban J connectivity index is 2.32. The third-order valence-corrected chi connectivity index (χ3v) is 4.44. The molecule has 1 aromatic rings.